The molecule has 2 rings (SSSR count). The van der Waals surface area contributed by atoms with E-state index in [4.69, 9.17) is 9.02 Å². The van der Waals surface area contributed by atoms with E-state index < -0.39 is 34.1 Å². The van der Waals surface area contributed by atoms with E-state index in [1.807, 2.05) is 36.9 Å². The zero-order valence-electron chi connectivity index (χ0n) is 24.6. The van der Waals surface area contributed by atoms with Crippen LogP contribution in [0.3, 0.4) is 0 Å². The summed E-state index contributed by atoms with van der Waals surface area (Å²) in [6, 6.07) is 9.20. The molecule has 0 bridgehead atoms. The van der Waals surface area contributed by atoms with Gasteiger partial charge in [0.1, 0.15) is 11.2 Å². The van der Waals surface area contributed by atoms with E-state index in [1.165, 1.54) is 17.7 Å². The number of alkyl halides is 2. The predicted molar refractivity (Wildman–Crippen MR) is 164 cm³/mol. The maximum atomic E-state index is 12.5. The van der Waals surface area contributed by atoms with Gasteiger partial charge in [0.15, 0.2) is 6.61 Å². The highest BCUT2D eigenvalue weighted by atomic mass is 33.1. The maximum Gasteiger partial charge on any atom is 0.260 e. The highest BCUT2D eigenvalue weighted by Crippen LogP contribution is 2.33. The molecule has 14 heteroatoms. The average Bonchev–Trinajstić information content (AvgIpc) is 3.00. The van der Waals surface area contributed by atoms with E-state index in [9.17, 15) is 23.6 Å². The molecule has 1 aromatic rings. The summed E-state index contributed by atoms with van der Waals surface area (Å²) in [5, 5.41) is 14.7. The van der Waals surface area contributed by atoms with Crippen molar-refractivity contribution in [1.82, 2.24) is 20.6 Å². The number of hydroxylamine groups is 1. The summed E-state index contributed by atoms with van der Waals surface area (Å²) < 4.78 is 36.0. The summed E-state index contributed by atoms with van der Waals surface area (Å²) in [7, 11) is 2.38. The molecule has 1 aliphatic rings. The van der Waals surface area contributed by atoms with Gasteiger partial charge in [0.2, 0.25) is 5.91 Å². The molecule has 0 aliphatic carbocycles. The number of benzene rings is 1. The number of halogens is 2. The van der Waals surface area contributed by atoms with Crippen molar-refractivity contribution in [2.45, 2.75) is 47.0 Å². The van der Waals surface area contributed by atoms with Gasteiger partial charge in [0.25, 0.3) is 12.3 Å². The van der Waals surface area contributed by atoms with Crippen LogP contribution in [0.25, 0.3) is 0 Å². The van der Waals surface area contributed by atoms with Gasteiger partial charge in [0.05, 0.1) is 18.1 Å². The third-order valence-corrected chi connectivity index (χ3v) is 9.06. The Morgan fingerprint density at radius 3 is 2.59 bits per heavy atom. The Balaban J connectivity index is 0.00000411. The molecule has 10 nitrogen and oxygen atoms in total. The van der Waals surface area contributed by atoms with E-state index in [0.29, 0.717) is 31.0 Å². The third-order valence-electron chi connectivity index (χ3n) is 6.04. The number of carbonyl (C=O) groups is 2. The van der Waals surface area contributed by atoms with Crippen molar-refractivity contribution in [3.63, 3.8) is 0 Å². The molecular formula is C27H44F2N6O4S2. The van der Waals surface area contributed by atoms with Gasteiger partial charge in [-0.3, -0.25) is 9.59 Å². The molecule has 1 fully saturated rings. The van der Waals surface area contributed by atoms with E-state index in [2.05, 4.69) is 27.9 Å². The van der Waals surface area contributed by atoms with Gasteiger partial charge in [-0.25, -0.2) is 13.1 Å². The van der Waals surface area contributed by atoms with Gasteiger partial charge in [-0.15, -0.1) is 0 Å². The van der Waals surface area contributed by atoms with Crippen LogP contribution >= 0.6 is 20.6 Å². The quantitative estimate of drug-likeness (QED) is 0.109. The summed E-state index contributed by atoms with van der Waals surface area (Å²) in [5.41, 5.74) is 3.79. The number of likely N-dealkylation sites (N-methyl/N-ethyl adjacent to an activating group) is 1. The van der Waals surface area contributed by atoms with E-state index in [0.717, 1.165) is 25.3 Å². The Morgan fingerprint density at radius 1 is 1.27 bits per heavy atom. The number of nitrogens with one attached hydrogen (secondary N) is 3. The minimum Gasteiger partial charge on any atom is -0.484 e. The maximum absolute atomic E-state index is 12.5. The Hall–Kier alpha value is -2.44. The number of nitrogens with zero attached hydrogens (tertiary/aromatic N) is 3. The van der Waals surface area contributed by atoms with Crippen molar-refractivity contribution in [3.05, 3.63) is 24.3 Å². The summed E-state index contributed by atoms with van der Waals surface area (Å²) in [5.74, 6) is 0.406. The van der Waals surface area contributed by atoms with Gasteiger partial charge in [-0.1, -0.05) is 37.6 Å². The predicted octanol–water partition coefficient (Wildman–Crippen LogP) is 4.10. The fraction of sp³-hybridized carbons (Fsp3) is 0.630. The van der Waals surface area contributed by atoms with Crippen molar-refractivity contribution in [3.8, 4) is 11.8 Å². The number of nitriles is 1. The minimum atomic E-state index is -2.67. The van der Waals surface area contributed by atoms with Gasteiger partial charge in [0, 0.05) is 60.5 Å². The first kappa shape index (κ1) is 36.6. The lowest BCUT2D eigenvalue weighted by atomic mass is 9.86. The molecule has 0 spiro atoms. The van der Waals surface area contributed by atoms with Gasteiger partial charge in [-0.05, 0) is 38.4 Å². The SMILES string of the molecule is CC.CCN1CCN(C(=O)COc2cccc(N/C=S(\ONC)SCCCC(C)(C#N)C(=O)NCC(F)F)c2)CC1. The van der Waals surface area contributed by atoms with Gasteiger partial charge in [-0.2, -0.15) is 10.7 Å². The van der Waals surface area contributed by atoms with Crippen LogP contribution in [0.2, 0.25) is 0 Å². The summed E-state index contributed by atoms with van der Waals surface area (Å²) >= 11 is 0. The summed E-state index contributed by atoms with van der Waals surface area (Å²) in [4.78, 5) is 28.8. The Bertz CT molecular complexity index is 1010. The molecular weight excluding hydrogens is 574 g/mol. The molecule has 3 N–H and O–H groups in total. The van der Waals surface area contributed by atoms with Crippen molar-refractivity contribution in [2.75, 3.05) is 64.0 Å². The van der Waals surface area contributed by atoms with E-state index >= 15 is 0 Å². The van der Waals surface area contributed by atoms with Gasteiger partial charge < -0.3 is 25.2 Å². The Labute approximate surface area is 249 Å². The second-order valence-electron chi connectivity index (χ2n) is 8.91. The number of hydrogen-bond acceptors (Lipinski definition) is 8. The van der Waals surface area contributed by atoms with Crippen LogP contribution < -0.4 is 20.9 Å². The monoisotopic (exact) mass is 618 g/mol. The number of rotatable bonds is 16. The van der Waals surface area contributed by atoms with Crippen molar-refractivity contribution in [1.29, 1.82) is 5.26 Å². The normalized spacial score (nSPS) is 15.7. The number of amides is 2. The molecule has 1 aliphatic heterocycles. The first-order chi connectivity index (χ1) is 19.7. The van der Waals surface area contributed by atoms with Crippen LogP contribution in [0.5, 0.6) is 5.75 Å². The number of piperazine rings is 1. The summed E-state index contributed by atoms with van der Waals surface area (Å²) in [6.07, 6.45) is -1.94. The zero-order chi connectivity index (χ0) is 30.7. The van der Waals surface area contributed by atoms with Gasteiger partial charge >= 0.3 is 0 Å². The van der Waals surface area contributed by atoms with Crippen LogP contribution in [0.1, 0.15) is 40.5 Å². The largest absolute Gasteiger partial charge is 0.484 e. The smallest absolute Gasteiger partial charge is 0.260 e. The highest BCUT2D eigenvalue weighted by Gasteiger charge is 2.33. The summed E-state index contributed by atoms with van der Waals surface area (Å²) in [6.45, 7) is 10.9. The molecule has 2 atom stereocenters. The fourth-order valence-corrected chi connectivity index (χ4v) is 6.19. The number of ether oxygens (including phenoxy) is 1. The molecule has 1 heterocycles. The van der Waals surface area contributed by atoms with Crippen LogP contribution in [0, 0.1) is 16.7 Å². The van der Waals surface area contributed by atoms with E-state index in [-0.39, 0.29) is 18.9 Å². The average molecular weight is 619 g/mol. The third kappa shape index (κ3) is 13.8. The molecule has 0 aromatic heterocycles. The molecule has 1 aromatic carbocycles. The molecule has 2 amide bonds. The first-order valence-electron chi connectivity index (χ1n) is 13.7. The van der Waals surface area contributed by atoms with Crippen LogP contribution in [-0.2, 0) is 13.9 Å². The lowest BCUT2D eigenvalue weighted by molar-refractivity contribution is -0.135. The number of anilines is 1. The molecule has 1 saturated heterocycles. The van der Waals surface area contributed by atoms with Crippen molar-refractivity contribution in [2.24, 2.45) is 5.41 Å². The zero-order valence-corrected chi connectivity index (χ0v) is 26.2. The van der Waals surface area contributed by atoms with Crippen LogP contribution in [0.4, 0.5) is 14.5 Å². The molecule has 41 heavy (non-hydrogen) atoms. The lowest BCUT2D eigenvalue weighted by Crippen LogP contribution is -2.49. The Kier molecular flexibility index (Phi) is 18.2. The minimum absolute atomic E-state index is 0.0236. The van der Waals surface area contributed by atoms with Crippen LogP contribution in [0.15, 0.2) is 24.3 Å². The van der Waals surface area contributed by atoms with Crippen LogP contribution in [-0.4, -0.2) is 92.2 Å². The topological polar surface area (TPSA) is 119 Å². The second-order valence-corrected chi connectivity index (χ2v) is 12.2. The highest BCUT2D eigenvalue weighted by molar-refractivity contribution is 8.81. The van der Waals surface area contributed by atoms with Crippen molar-refractivity contribution >= 4 is 43.6 Å². The first-order valence-corrected chi connectivity index (χ1v) is 16.4. The molecule has 0 radical (unpaired) electrons. The number of hydrogen-bond donors (Lipinski definition) is 3. The van der Waals surface area contributed by atoms with E-state index in [1.54, 1.807) is 24.7 Å². The molecule has 2 unspecified atom stereocenters. The number of carbonyl (C=O) groups excluding carboxylic acids is 2. The molecule has 232 valence electrons. The fourth-order valence-electron chi connectivity index (χ4n) is 3.66. The van der Waals surface area contributed by atoms with Crippen molar-refractivity contribution < 1.29 is 27.4 Å². The Morgan fingerprint density at radius 2 is 1.98 bits per heavy atom. The molecule has 0 saturated carbocycles. The standard InChI is InChI=1S/C25H38F2N6O4S2.C2H6/c1-4-32-10-12-33(13-11-32)23(34)17-36-21-8-5-7-20(15-21)31-19-39(37-29-3)38-14-6-9-25(2,18-28)24(35)30-16-22(26)27;1-2/h5,7-8,15,19,22,29,31H,4,6,9-14,16-17H2,1-3H3,(H,30,35);1-2H3. The second kappa shape index (κ2) is 20.4. The lowest BCUT2D eigenvalue weighted by Gasteiger charge is -2.33.